The molecule has 0 heterocycles. The van der Waals surface area contributed by atoms with Crippen LogP contribution in [0.2, 0.25) is 5.02 Å². The summed E-state index contributed by atoms with van der Waals surface area (Å²) in [6.07, 6.45) is 0.717. The quantitative estimate of drug-likeness (QED) is 0.695. The molecule has 0 saturated heterocycles. The Morgan fingerprint density at radius 2 is 2.24 bits per heavy atom. The molecule has 4 nitrogen and oxygen atoms in total. The molecular formula is C12H18ClNO3. The normalized spacial score (nSPS) is 12.6. The first kappa shape index (κ1) is 14.3. The second-order valence-corrected chi connectivity index (χ2v) is 4.20. The number of rotatable bonds is 7. The summed E-state index contributed by atoms with van der Waals surface area (Å²) in [6, 6.07) is 5.16. The third-order valence-corrected chi connectivity index (χ3v) is 2.85. The Kier molecular flexibility index (Phi) is 6.29. The van der Waals surface area contributed by atoms with Crippen molar-refractivity contribution in [2.24, 2.45) is 0 Å². The summed E-state index contributed by atoms with van der Waals surface area (Å²) in [5, 5.41) is 22.3. The summed E-state index contributed by atoms with van der Waals surface area (Å²) in [6.45, 7) is 1.08. The number of aliphatic hydroxyl groups is 1. The first-order valence-corrected chi connectivity index (χ1v) is 5.86. The predicted octanol–water partition coefficient (Wildman–Crippen LogP) is 1.53. The van der Waals surface area contributed by atoms with Gasteiger partial charge in [-0.1, -0.05) is 23.7 Å². The van der Waals surface area contributed by atoms with E-state index in [9.17, 15) is 5.11 Å². The van der Waals surface area contributed by atoms with Crippen LogP contribution in [0.1, 0.15) is 12.0 Å². The van der Waals surface area contributed by atoms with E-state index in [1.54, 1.807) is 25.3 Å². The number of aliphatic hydroxyl groups excluding tert-OH is 1. The van der Waals surface area contributed by atoms with Gasteiger partial charge in [-0.05, 0) is 12.5 Å². The molecule has 0 aliphatic heterocycles. The number of aromatic hydroxyl groups is 1. The van der Waals surface area contributed by atoms with E-state index in [1.807, 2.05) is 0 Å². The lowest BCUT2D eigenvalue weighted by molar-refractivity contribution is 0.159. The molecule has 0 amide bonds. The third-order valence-electron chi connectivity index (χ3n) is 2.54. The maximum atomic E-state index is 9.70. The Morgan fingerprint density at radius 3 is 2.88 bits per heavy atom. The third kappa shape index (κ3) is 4.52. The number of ether oxygens (including phenoxy) is 1. The predicted molar refractivity (Wildman–Crippen MR) is 67.3 cm³/mol. The minimum absolute atomic E-state index is 0.0324. The lowest BCUT2D eigenvalue weighted by Gasteiger charge is -2.16. The van der Waals surface area contributed by atoms with Crippen molar-refractivity contribution in [1.29, 1.82) is 0 Å². The molecule has 0 saturated carbocycles. The first-order valence-electron chi connectivity index (χ1n) is 5.48. The molecule has 1 rings (SSSR count). The molecule has 0 radical (unpaired) electrons. The zero-order valence-corrected chi connectivity index (χ0v) is 10.6. The van der Waals surface area contributed by atoms with Crippen molar-refractivity contribution in [3.8, 4) is 5.75 Å². The summed E-state index contributed by atoms with van der Waals surface area (Å²) in [7, 11) is 1.62. The van der Waals surface area contributed by atoms with Crippen molar-refractivity contribution < 1.29 is 14.9 Å². The maximum Gasteiger partial charge on any atom is 0.138 e. The number of phenols is 1. The van der Waals surface area contributed by atoms with Gasteiger partial charge in [-0.15, -0.1) is 0 Å². The van der Waals surface area contributed by atoms with Crippen LogP contribution in [-0.2, 0) is 11.3 Å². The van der Waals surface area contributed by atoms with E-state index < -0.39 is 0 Å². The molecule has 1 aromatic carbocycles. The SMILES string of the molecule is COCCC(CO)NCc1cccc(Cl)c1O. The highest BCUT2D eigenvalue weighted by atomic mass is 35.5. The van der Waals surface area contributed by atoms with Crippen molar-refractivity contribution in [1.82, 2.24) is 5.32 Å². The molecule has 0 aliphatic rings. The van der Waals surface area contributed by atoms with Gasteiger partial charge in [0.1, 0.15) is 5.75 Å². The molecule has 0 fully saturated rings. The van der Waals surface area contributed by atoms with Crippen LogP contribution in [0.25, 0.3) is 0 Å². The van der Waals surface area contributed by atoms with Gasteiger partial charge in [-0.3, -0.25) is 0 Å². The van der Waals surface area contributed by atoms with E-state index in [-0.39, 0.29) is 18.4 Å². The lowest BCUT2D eigenvalue weighted by Crippen LogP contribution is -2.33. The highest BCUT2D eigenvalue weighted by Gasteiger charge is 2.09. The van der Waals surface area contributed by atoms with Crippen LogP contribution in [0.5, 0.6) is 5.75 Å². The van der Waals surface area contributed by atoms with Crippen molar-refractivity contribution in [3.63, 3.8) is 0 Å². The standard InChI is InChI=1S/C12H18ClNO3/c1-17-6-5-10(8-15)14-7-9-3-2-4-11(13)12(9)16/h2-4,10,14-16H,5-8H2,1H3. The summed E-state index contributed by atoms with van der Waals surface area (Å²) in [5.74, 6) is 0.0881. The van der Waals surface area contributed by atoms with Gasteiger partial charge in [0.15, 0.2) is 0 Å². The molecule has 5 heteroatoms. The van der Waals surface area contributed by atoms with Crippen LogP contribution in [0, 0.1) is 0 Å². The minimum Gasteiger partial charge on any atom is -0.506 e. The van der Waals surface area contributed by atoms with Gasteiger partial charge in [0.25, 0.3) is 0 Å². The zero-order valence-electron chi connectivity index (χ0n) is 9.82. The monoisotopic (exact) mass is 259 g/mol. The molecule has 17 heavy (non-hydrogen) atoms. The van der Waals surface area contributed by atoms with Gasteiger partial charge in [0, 0.05) is 31.9 Å². The smallest absolute Gasteiger partial charge is 0.138 e. The lowest BCUT2D eigenvalue weighted by atomic mass is 10.1. The molecule has 0 bridgehead atoms. The fourth-order valence-corrected chi connectivity index (χ4v) is 1.67. The Bertz CT molecular complexity index is 347. The second kappa shape index (κ2) is 7.50. The number of halogens is 1. The number of benzene rings is 1. The Hall–Kier alpha value is -0.810. The molecule has 96 valence electrons. The molecule has 3 N–H and O–H groups in total. The number of para-hydroxylation sites is 1. The summed E-state index contributed by atoms with van der Waals surface area (Å²) in [4.78, 5) is 0. The van der Waals surface area contributed by atoms with E-state index >= 15 is 0 Å². The Balaban J connectivity index is 2.50. The van der Waals surface area contributed by atoms with Crippen molar-refractivity contribution in [2.75, 3.05) is 20.3 Å². The van der Waals surface area contributed by atoms with Crippen LogP contribution in [0.15, 0.2) is 18.2 Å². The summed E-state index contributed by atoms with van der Waals surface area (Å²) >= 11 is 5.80. The maximum absolute atomic E-state index is 9.70. The van der Waals surface area contributed by atoms with Gasteiger partial charge in [-0.2, -0.15) is 0 Å². The molecule has 1 atom stereocenters. The first-order chi connectivity index (χ1) is 8.19. The Labute approximate surface area is 106 Å². The minimum atomic E-state index is -0.0478. The zero-order chi connectivity index (χ0) is 12.7. The van der Waals surface area contributed by atoms with Gasteiger partial charge < -0.3 is 20.3 Å². The number of nitrogens with one attached hydrogen (secondary N) is 1. The van der Waals surface area contributed by atoms with E-state index in [1.165, 1.54) is 0 Å². The molecule has 1 aromatic rings. The van der Waals surface area contributed by atoms with E-state index in [0.29, 0.717) is 30.2 Å². The largest absolute Gasteiger partial charge is 0.506 e. The van der Waals surface area contributed by atoms with Crippen LogP contribution in [0.3, 0.4) is 0 Å². The number of phenolic OH excluding ortho intramolecular Hbond substituents is 1. The fourth-order valence-electron chi connectivity index (χ4n) is 1.47. The molecule has 0 spiro atoms. The van der Waals surface area contributed by atoms with Crippen molar-refractivity contribution >= 4 is 11.6 Å². The van der Waals surface area contributed by atoms with Gasteiger partial charge in [-0.25, -0.2) is 0 Å². The van der Waals surface area contributed by atoms with Crippen LogP contribution in [-0.4, -0.2) is 36.6 Å². The van der Waals surface area contributed by atoms with Crippen LogP contribution < -0.4 is 5.32 Å². The van der Waals surface area contributed by atoms with E-state index in [0.717, 1.165) is 0 Å². The molecular weight excluding hydrogens is 242 g/mol. The van der Waals surface area contributed by atoms with Crippen LogP contribution in [0.4, 0.5) is 0 Å². The molecule has 0 aliphatic carbocycles. The highest BCUT2D eigenvalue weighted by molar-refractivity contribution is 6.32. The number of hydrogen-bond acceptors (Lipinski definition) is 4. The molecule has 1 unspecified atom stereocenters. The summed E-state index contributed by atoms with van der Waals surface area (Å²) < 4.78 is 4.95. The average molecular weight is 260 g/mol. The van der Waals surface area contributed by atoms with E-state index in [2.05, 4.69) is 5.32 Å². The van der Waals surface area contributed by atoms with Gasteiger partial charge in [0.2, 0.25) is 0 Å². The second-order valence-electron chi connectivity index (χ2n) is 3.79. The average Bonchev–Trinajstić information content (AvgIpc) is 2.34. The number of hydrogen-bond donors (Lipinski definition) is 3. The van der Waals surface area contributed by atoms with Crippen LogP contribution >= 0.6 is 11.6 Å². The topological polar surface area (TPSA) is 61.7 Å². The van der Waals surface area contributed by atoms with Gasteiger partial charge in [0.05, 0.1) is 11.6 Å². The Morgan fingerprint density at radius 1 is 1.47 bits per heavy atom. The number of methoxy groups -OCH3 is 1. The fraction of sp³-hybridized carbons (Fsp3) is 0.500. The molecule has 0 aromatic heterocycles. The van der Waals surface area contributed by atoms with Crippen molar-refractivity contribution in [3.05, 3.63) is 28.8 Å². The highest BCUT2D eigenvalue weighted by Crippen LogP contribution is 2.26. The summed E-state index contributed by atoms with van der Waals surface area (Å²) in [5.41, 5.74) is 0.716. The van der Waals surface area contributed by atoms with Crippen molar-refractivity contribution in [2.45, 2.75) is 19.0 Å². The van der Waals surface area contributed by atoms with Gasteiger partial charge >= 0.3 is 0 Å². The van der Waals surface area contributed by atoms with E-state index in [4.69, 9.17) is 21.4 Å².